The molecule has 6 aliphatic rings. The lowest BCUT2D eigenvalue weighted by Crippen LogP contribution is -2.50. The van der Waals surface area contributed by atoms with Gasteiger partial charge in [-0.1, -0.05) is 13.8 Å². The number of hydrogen-bond acceptors (Lipinski definition) is 8. The third-order valence-corrected chi connectivity index (χ3v) is 10.1. The summed E-state index contributed by atoms with van der Waals surface area (Å²) in [6.45, 7) is 9.54. The van der Waals surface area contributed by atoms with Crippen LogP contribution in [0.3, 0.4) is 0 Å². The van der Waals surface area contributed by atoms with Crippen LogP contribution >= 0.6 is 0 Å². The number of ether oxygens (including phenoxy) is 4. The van der Waals surface area contributed by atoms with E-state index in [2.05, 4.69) is 0 Å². The number of carbonyl (C=O) groups is 3. The normalized spacial score (nSPS) is 49.4. The van der Waals surface area contributed by atoms with E-state index in [9.17, 15) is 19.5 Å². The summed E-state index contributed by atoms with van der Waals surface area (Å²) in [6.07, 6.45) is 5.68. The molecule has 4 aliphatic heterocycles. The highest BCUT2D eigenvalue weighted by molar-refractivity contribution is 5.92. The third-order valence-electron chi connectivity index (χ3n) is 10.1. The molecule has 35 heavy (non-hydrogen) atoms. The zero-order chi connectivity index (χ0) is 25.1. The zero-order valence-corrected chi connectivity index (χ0v) is 21.0. The maximum absolute atomic E-state index is 12.7. The summed E-state index contributed by atoms with van der Waals surface area (Å²) in [4.78, 5) is 37.2. The van der Waals surface area contributed by atoms with Gasteiger partial charge in [0, 0.05) is 34.7 Å². The third kappa shape index (κ3) is 2.95. The maximum Gasteiger partial charge on any atom is 0.339 e. The molecule has 0 spiro atoms. The average Bonchev–Trinajstić information content (AvgIpc) is 3.38. The molecule has 190 valence electrons. The van der Waals surface area contributed by atoms with E-state index in [0.717, 1.165) is 6.42 Å². The standard InChI is InChI=1S/C27H34O8/c1-13-8-15(32-22(13)29)9-14(2)27-25(5,12-20(28)33-27)19-11-26(31)10-16-17(24(3,4)35-23(16)30)6-7-18(26)21(19)34-27/h8-9,14,16-19,21,31H,6-7,10-12H2,1-5H3/b15-9-/t14-,16+,17-,18-,19+,21-,25?,26-,27+/m1/s1. The first-order valence-corrected chi connectivity index (χ1v) is 12.8. The van der Waals surface area contributed by atoms with Gasteiger partial charge in [-0.25, -0.2) is 4.79 Å². The molecule has 2 aliphatic carbocycles. The van der Waals surface area contributed by atoms with Crippen molar-refractivity contribution in [2.24, 2.45) is 35.0 Å². The lowest BCUT2D eigenvalue weighted by atomic mass is 9.66. The summed E-state index contributed by atoms with van der Waals surface area (Å²) in [7, 11) is 0. The summed E-state index contributed by atoms with van der Waals surface area (Å²) in [5.74, 6) is -2.61. The van der Waals surface area contributed by atoms with Crippen molar-refractivity contribution in [1.82, 2.24) is 0 Å². The van der Waals surface area contributed by atoms with Crippen LogP contribution in [-0.2, 0) is 33.3 Å². The van der Waals surface area contributed by atoms with Crippen molar-refractivity contribution in [2.75, 3.05) is 0 Å². The van der Waals surface area contributed by atoms with Crippen LogP contribution in [0.25, 0.3) is 0 Å². The average molecular weight is 487 g/mol. The number of cyclic esters (lactones) is 2. The molecule has 0 bridgehead atoms. The highest BCUT2D eigenvalue weighted by Gasteiger charge is 2.77. The molecule has 0 aromatic carbocycles. The number of carbonyl (C=O) groups excluding carboxylic acids is 3. The minimum Gasteiger partial charge on any atom is -0.459 e. The van der Waals surface area contributed by atoms with Gasteiger partial charge >= 0.3 is 17.9 Å². The second kappa shape index (κ2) is 6.97. The Balaban J connectivity index is 1.34. The number of aliphatic hydroxyl groups is 1. The fraction of sp³-hybridized carbons (Fsp3) is 0.741. The van der Waals surface area contributed by atoms with E-state index in [1.165, 1.54) is 0 Å². The van der Waals surface area contributed by atoms with Gasteiger partial charge in [-0.05, 0) is 58.6 Å². The second-order valence-electron chi connectivity index (χ2n) is 12.4. The molecule has 6 rings (SSSR count). The Morgan fingerprint density at radius 3 is 2.46 bits per heavy atom. The highest BCUT2D eigenvalue weighted by Crippen LogP contribution is 2.69. The van der Waals surface area contributed by atoms with E-state index in [1.807, 2.05) is 27.7 Å². The smallest absolute Gasteiger partial charge is 0.339 e. The van der Waals surface area contributed by atoms with E-state index in [1.54, 1.807) is 19.1 Å². The van der Waals surface area contributed by atoms with E-state index in [4.69, 9.17) is 18.9 Å². The van der Waals surface area contributed by atoms with Crippen LogP contribution in [0, 0.1) is 35.0 Å². The topological polar surface area (TPSA) is 108 Å². The molecule has 0 amide bonds. The molecule has 0 radical (unpaired) electrons. The second-order valence-corrected chi connectivity index (χ2v) is 12.4. The van der Waals surface area contributed by atoms with Gasteiger partial charge in [-0.3, -0.25) is 9.59 Å². The van der Waals surface area contributed by atoms with E-state index in [-0.39, 0.29) is 60.0 Å². The predicted octanol–water partition coefficient (Wildman–Crippen LogP) is 3.18. The first-order valence-electron chi connectivity index (χ1n) is 12.8. The van der Waals surface area contributed by atoms with Crippen molar-refractivity contribution in [1.29, 1.82) is 0 Å². The van der Waals surface area contributed by atoms with Crippen molar-refractivity contribution >= 4 is 17.9 Å². The quantitative estimate of drug-likeness (QED) is 0.468. The molecule has 9 atom stereocenters. The molecule has 8 nitrogen and oxygen atoms in total. The van der Waals surface area contributed by atoms with Crippen molar-refractivity contribution in [2.45, 2.75) is 89.8 Å². The monoisotopic (exact) mass is 486 g/mol. The van der Waals surface area contributed by atoms with Crippen LogP contribution in [0.1, 0.15) is 66.7 Å². The molecule has 0 aromatic heterocycles. The fourth-order valence-corrected chi connectivity index (χ4v) is 8.37. The molecule has 4 heterocycles. The molecular formula is C27H34O8. The summed E-state index contributed by atoms with van der Waals surface area (Å²) >= 11 is 0. The molecular weight excluding hydrogens is 452 g/mol. The lowest BCUT2D eigenvalue weighted by molar-refractivity contribution is -0.257. The first kappa shape index (κ1) is 23.2. The highest BCUT2D eigenvalue weighted by atomic mass is 16.7. The molecule has 0 aromatic rings. The largest absolute Gasteiger partial charge is 0.459 e. The van der Waals surface area contributed by atoms with Crippen LogP contribution in [0.15, 0.2) is 23.5 Å². The van der Waals surface area contributed by atoms with E-state index in [0.29, 0.717) is 30.6 Å². The molecule has 5 fully saturated rings. The van der Waals surface area contributed by atoms with Crippen molar-refractivity contribution < 1.29 is 38.4 Å². The van der Waals surface area contributed by atoms with Crippen LogP contribution in [-0.4, -0.2) is 46.1 Å². The molecule has 1 N–H and O–H groups in total. The Hall–Kier alpha value is -2.19. The van der Waals surface area contributed by atoms with Gasteiger partial charge < -0.3 is 24.1 Å². The Kier molecular flexibility index (Phi) is 4.63. The number of hydrogen-bond donors (Lipinski definition) is 1. The maximum atomic E-state index is 12.7. The van der Waals surface area contributed by atoms with E-state index < -0.39 is 22.4 Å². The van der Waals surface area contributed by atoms with Gasteiger partial charge in [0.1, 0.15) is 11.4 Å². The minimum atomic E-state index is -1.20. The molecule has 2 saturated carbocycles. The summed E-state index contributed by atoms with van der Waals surface area (Å²) in [6, 6.07) is 0. The van der Waals surface area contributed by atoms with Gasteiger partial charge in [0.2, 0.25) is 5.79 Å². The Morgan fingerprint density at radius 2 is 1.77 bits per heavy atom. The minimum absolute atomic E-state index is 0.0575. The Morgan fingerprint density at radius 1 is 1.06 bits per heavy atom. The van der Waals surface area contributed by atoms with Crippen LogP contribution < -0.4 is 0 Å². The SMILES string of the molecule is CC1=C/C(=C/[C@@H](C)[C@@]23OC(=O)CC2(C)[C@H]2C[C@]4(O)C[C@@H]5C(=O)OC(C)(C)[C@@H]5CC[C@@H]4[C@H]2O3)OC1=O. The van der Waals surface area contributed by atoms with Gasteiger partial charge in [0.05, 0.1) is 24.0 Å². The van der Waals surface area contributed by atoms with Crippen molar-refractivity contribution in [3.05, 3.63) is 23.5 Å². The summed E-state index contributed by atoms with van der Waals surface area (Å²) in [5.41, 5.74) is -1.75. The van der Waals surface area contributed by atoms with Crippen LogP contribution in [0.2, 0.25) is 0 Å². The van der Waals surface area contributed by atoms with E-state index >= 15 is 0 Å². The number of fused-ring (bicyclic) bond motifs is 6. The van der Waals surface area contributed by atoms with Gasteiger partial charge in [-0.2, -0.15) is 0 Å². The van der Waals surface area contributed by atoms with Gasteiger partial charge in [-0.15, -0.1) is 0 Å². The van der Waals surface area contributed by atoms with Crippen LogP contribution in [0.5, 0.6) is 0 Å². The lowest BCUT2D eigenvalue weighted by Gasteiger charge is -2.41. The molecule has 8 heteroatoms. The Bertz CT molecular complexity index is 1090. The predicted molar refractivity (Wildman–Crippen MR) is 121 cm³/mol. The summed E-state index contributed by atoms with van der Waals surface area (Å²) in [5, 5.41) is 12.0. The fourth-order valence-electron chi connectivity index (χ4n) is 8.37. The molecule has 1 unspecified atom stereocenters. The summed E-state index contributed by atoms with van der Waals surface area (Å²) < 4.78 is 23.8. The van der Waals surface area contributed by atoms with Gasteiger partial charge in [0.25, 0.3) is 0 Å². The molecule has 3 saturated heterocycles. The number of esters is 3. The van der Waals surface area contributed by atoms with Crippen LogP contribution in [0.4, 0.5) is 0 Å². The number of rotatable bonds is 2. The van der Waals surface area contributed by atoms with Crippen molar-refractivity contribution in [3.8, 4) is 0 Å². The number of allylic oxidation sites excluding steroid dienone is 1. The van der Waals surface area contributed by atoms with Crippen molar-refractivity contribution in [3.63, 3.8) is 0 Å². The Labute approximate surface area is 205 Å². The first-order chi connectivity index (χ1) is 16.3. The zero-order valence-electron chi connectivity index (χ0n) is 21.0. The van der Waals surface area contributed by atoms with Gasteiger partial charge in [0.15, 0.2) is 0 Å².